The first-order chi connectivity index (χ1) is 11.1. The van der Waals surface area contributed by atoms with Crippen LogP contribution in [-0.4, -0.2) is 30.1 Å². The quantitative estimate of drug-likeness (QED) is 0.687. The van der Waals surface area contributed by atoms with Crippen LogP contribution in [-0.2, 0) is 0 Å². The monoisotopic (exact) mass is 313 g/mol. The lowest BCUT2D eigenvalue weighted by Gasteiger charge is -2.13. The molecule has 1 aromatic heterocycles. The van der Waals surface area contributed by atoms with Crippen LogP contribution in [0, 0.1) is 0 Å². The molecule has 0 spiro atoms. The van der Waals surface area contributed by atoms with E-state index in [1.165, 1.54) is 14.2 Å². The Bertz CT molecular complexity index is 904. The van der Waals surface area contributed by atoms with Crippen molar-refractivity contribution >= 4 is 22.6 Å². The van der Waals surface area contributed by atoms with Crippen LogP contribution in [0.25, 0.3) is 11.0 Å². The highest BCUT2D eigenvalue weighted by atomic mass is 16.5. The molecule has 0 aliphatic heterocycles. The highest BCUT2D eigenvalue weighted by Gasteiger charge is 2.18. The summed E-state index contributed by atoms with van der Waals surface area (Å²) in [5.74, 6) is 0.465. The molecule has 0 saturated heterocycles. The summed E-state index contributed by atoms with van der Waals surface area (Å²) in [7, 11) is 2.98. The van der Waals surface area contributed by atoms with Gasteiger partial charge in [-0.15, -0.1) is 0 Å². The van der Waals surface area contributed by atoms with Crippen molar-refractivity contribution in [3.8, 4) is 11.5 Å². The number of benzene rings is 2. The SMILES string of the molecule is COc1cccc(OC)c1C(=O)Nc1ccc2[nH]c(=O)[nH]c2c1. The number of imidazole rings is 1. The molecule has 0 saturated carbocycles. The van der Waals surface area contributed by atoms with Crippen molar-refractivity contribution in [2.24, 2.45) is 0 Å². The first-order valence-electron chi connectivity index (χ1n) is 6.87. The maximum atomic E-state index is 12.6. The van der Waals surface area contributed by atoms with Crippen LogP contribution in [0.3, 0.4) is 0 Å². The number of fused-ring (bicyclic) bond motifs is 1. The lowest BCUT2D eigenvalue weighted by atomic mass is 10.1. The van der Waals surface area contributed by atoms with Crippen molar-refractivity contribution in [2.45, 2.75) is 0 Å². The number of carbonyl (C=O) groups excluding carboxylic acids is 1. The summed E-state index contributed by atoms with van der Waals surface area (Å²) >= 11 is 0. The Balaban J connectivity index is 1.95. The van der Waals surface area contributed by atoms with Gasteiger partial charge in [0.05, 0.1) is 25.3 Å². The number of methoxy groups -OCH3 is 2. The molecule has 0 aliphatic rings. The third-order valence-electron chi connectivity index (χ3n) is 3.43. The fraction of sp³-hybridized carbons (Fsp3) is 0.125. The molecule has 0 atom stereocenters. The first-order valence-corrected chi connectivity index (χ1v) is 6.87. The molecule has 3 N–H and O–H groups in total. The molecule has 3 aromatic rings. The van der Waals surface area contributed by atoms with E-state index in [9.17, 15) is 9.59 Å². The number of hydrogen-bond acceptors (Lipinski definition) is 4. The number of aromatic amines is 2. The summed E-state index contributed by atoms with van der Waals surface area (Å²) in [5.41, 5.74) is 1.84. The predicted molar refractivity (Wildman–Crippen MR) is 86.4 cm³/mol. The molecule has 7 heteroatoms. The normalized spacial score (nSPS) is 10.5. The van der Waals surface area contributed by atoms with Crippen LogP contribution >= 0.6 is 0 Å². The van der Waals surface area contributed by atoms with Gasteiger partial charge in [0.15, 0.2) is 0 Å². The number of ether oxygens (including phenoxy) is 2. The van der Waals surface area contributed by atoms with E-state index < -0.39 is 0 Å². The van der Waals surface area contributed by atoms with Crippen LogP contribution in [0.2, 0.25) is 0 Å². The van der Waals surface area contributed by atoms with Gasteiger partial charge in [-0.1, -0.05) is 6.07 Å². The van der Waals surface area contributed by atoms with Crippen molar-refractivity contribution in [1.29, 1.82) is 0 Å². The molecule has 118 valence electrons. The van der Waals surface area contributed by atoms with Gasteiger partial charge in [-0.2, -0.15) is 0 Å². The Hall–Kier alpha value is -3.22. The summed E-state index contributed by atoms with van der Waals surface area (Å²) in [6.07, 6.45) is 0. The summed E-state index contributed by atoms with van der Waals surface area (Å²) < 4.78 is 10.5. The molecule has 0 fully saturated rings. The first kappa shape index (κ1) is 14.7. The van der Waals surface area contributed by atoms with Crippen LogP contribution < -0.4 is 20.5 Å². The highest BCUT2D eigenvalue weighted by molar-refractivity contribution is 6.08. The number of carbonyl (C=O) groups is 1. The van der Waals surface area contributed by atoms with Crippen LogP contribution in [0.4, 0.5) is 5.69 Å². The lowest BCUT2D eigenvalue weighted by molar-refractivity contribution is 0.102. The van der Waals surface area contributed by atoms with E-state index in [2.05, 4.69) is 15.3 Å². The van der Waals surface area contributed by atoms with Gasteiger partial charge >= 0.3 is 5.69 Å². The number of anilines is 1. The summed E-state index contributed by atoms with van der Waals surface area (Å²) in [6, 6.07) is 10.2. The zero-order valence-corrected chi connectivity index (χ0v) is 12.6. The topological polar surface area (TPSA) is 96.2 Å². The van der Waals surface area contributed by atoms with Crippen molar-refractivity contribution in [1.82, 2.24) is 9.97 Å². The van der Waals surface area contributed by atoms with E-state index in [-0.39, 0.29) is 11.6 Å². The average Bonchev–Trinajstić information content (AvgIpc) is 2.93. The minimum atomic E-state index is -0.364. The lowest BCUT2D eigenvalue weighted by Crippen LogP contribution is -2.14. The zero-order chi connectivity index (χ0) is 16.4. The molecule has 1 amide bonds. The molecule has 23 heavy (non-hydrogen) atoms. The van der Waals surface area contributed by atoms with E-state index >= 15 is 0 Å². The average molecular weight is 313 g/mol. The van der Waals surface area contributed by atoms with Crippen LogP contribution in [0.5, 0.6) is 11.5 Å². The van der Waals surface area contributed by atoms with Gasteiger partial charge < -0.3 is 24.8 Å². The maximum Gasteiger partial charge on any atom is 0.323 e. The third kappa shape index (κ3) is 2.76. The van der Waals surface area contributed by atoms with E-state index in [1.807, 2.05) is 0 Å². The second-order valence-corrected chi connectivity index (χ2v) is 4.83. The Morgan fingerprint density at radius 1 is 1.00 bits per heavy atom. The Kier molecular flexibility index (Phi) is 3.76. The molecule has 3 rings (SSSR count). The van der Waals surface area contributed by atoms with E-state index in [1.54, 1.807) is 36.4 Å². The highest BCUT2D eigenvalue weighted by Crippen LogP contribution is 2.29. The van der Waals surface area contributed by atoms with Crippen LogP contribution in [0.1, 0.15) is 10.4 Å². The molecule has 0 unspecified atom stereocenters. The smallest absolute Gasteiger partial charge is 0.323 e. The largest absolute Gasteiger partial charge is 0.496 e. The summed E-state index contributed by atoms with van der Waals surface area (Å²) in [6.45, 7) is 0. The van der Waals surface area contributed by atoms with Crippen molar-refractivity contribution < 1.29 is 14.3 Å². The van der Waals surface area contributed by atoms with Gasteiger partial charge in [0.2, 0.25) is 0 Å². The van der Waals surface area contributed by atoms with E-state index in [4.69, 9.17) is 9.47 Å². The molecular formula is C16H15N3O4. The number of hydrogen-bond donors (Lipinski definition) is 3. The van der Waals surface area contributed by atoms with Crippen LogP contribution in [0.15, 0.2) is 41.2 Å². The second-order valence-electron chi connectivity index (χ2n) is 4.83. The predicted octanol–water partition coefficient (Wildman–Crippen LogP) is 2.13. The number of amides is 1. The maximum absolute atomic E-state index is 12.6. The fourth-order valence-corrected chi connectivity index (χ4v) is 2.38. The fourth-order valence-electron chi connectivity index (χ4n) is 2.38. The molecule has 2 aromatic carbocycles. The van der Waals surface area contributed by atoms with Gasteiger partial charge in [0, 0.05) is 5.69 Å². The summed E-state index contributed by atoms with van der Waals surface area (Å²) in [4.78, 5) is 29.1. The molecule has 0 radical (unpaired) electrons. The second kappa shape index (κ2) is 5.88. The Morgan fingerprint density at radius 3 is 2.30 bits per heavy atom. The number of aromatic nitrogens is 2. The minimum absolute atomic E-state index is 0.296. The summed E-state index contributed by atoms with van der Waals surface area (Å²) in [5, 5.41) is 2.77. The molecule has 1 heterocycles. The van der Waals surface area contributed by atoms with E-state index in [0.717, 1.165) is 0 Å². The Morgan fingerprint density at radius 2 is 1.65 bits per heavy atom. The molecular weight excluding hydrogens is 298 g/mol. The van der Waals surface area contributed by atoms with Gasteiger partial charge in [-0.25, -0.2) is 4.79 Å². The van der Waals surface area contributed by atoms with Gasteiger partial charge in [0.25, 0.3) is 5.91 Å². The Labute approximate surface area is 131 Å². The number of H-pyrrole nitrogens is 2. The number of nitrogens with one attached hydrogen (secondary N) is 3. The molecule has 0 aliphatic carbocycles. The van der Waals surface area contributed by atoms with Gasteiger partial charge in [-0.3, -0.25) is 4.79 Å². The standard InChI is InChI=1S/C16H15N3O4/c1-22-12-4-3-5-13(23-2)14(12)15(20)17-9-6-7-10-11(8-9)19-16(21)18-10/h3-8H,1-2H3,(H,17,20)(H2,18,19,21). The zero-order valence-electron chi connectivity index (χ0n) is 12.6. The minimum Gasteiger partial charge on any atom is -0.496 e. The third-order valence-corrected chi connectivity index (χ3v) is 3.43. The van der Waals surface area contributed by atoms with Crippen molar-refractivity contribution in [2.75, 3.05) is 19.5 Å². The van der Waals surface area contributed by atoms with E-state index in [0.29, 0.717) is 33.8 Å². The van der Waals surface area contributed by atoms with Gasteiger partial charge in [0.1, 0.15) is 17.1 Å². The van der Waals surface area contributed by atoms with Gasteiger partial charge in [-0.05, 0) is 30.3 Å². The van der Waals surface area contributed by atoms with Crippen molar-refractivity contribution in [3.05, 3.63) is 52.4 Å². The van der Waals surface area contributed by atoms with Crippen molar-refractivity contribution in [3.63, 3.8) is 0 Å². The number of rotatable bonds is 4. The molecule has 7 nitrogen and oxygen atoms in total. The molecule has 0 bridgehead atoms.